The molecule has 4 nitrogen and oxygen atoms in total. The van der Waals surface area contributed by atoms with Crippen molar-refractivity contribution >= 4 is 17.7 Å². The Hall–Kier alpha value is -1.26. The molecule has 0 saturated heterocycles. The van der Waals surface area contributed by atoms with E-state index in [1.54, 1.807) is 29.2 Å². The first-order valence-electron chi connectivity index (χ1n) is 9.42. The topological polar surface area (TPSA) is 32.8 Å². The van der Waals surface area contributed by atoms with Crippen LogP contribution in [0.25, 0.3) is 0 Å². The van der Waals surface area contributed by atoms with E-state index >= 15 is 0 Å². The molecule has 1 saturated carbocycles. The molecule has 2 rings (SSSR count). The maximum Gasteiger partial charge on any atom is 0.414 e. The zero-order valence-electron chi connectivity index (χ0n) is 15.7. The van der Waals surface area contributed by atoms with Crippen LogP contribution in [0.3, 0.4) is 0 Å². The number of rotatable bonds is 7. The number of hydrogen-bond acceptors (Lipinski definition) is 3. The molecule has 0 bridgehead atoms. The highest BCUT2D eigenvalue weighted by Crippen LogP contribution is 2.30. The standard InChI is InChI=1S/C20H31ClN2O2/c1-4-23(5-2)15-17-8-6-16(7-9-17)14-22(3)20(24)25-19-12-10-18(21)11-13-19/h10-13,16-17H,4-9,14-15H2,1-3H3/t16-,17-. The molecule has 1 aromatic rings. The first kappa shape index (κ1) is 20.1. The second kappa shape index (κ2) is 10.0. The number of hydrogen-bond donors (Lipinski definition) is 0. The highest BCUT2D eigenvalue weighted by atomic mass is 35.5. The van der Waals surface area contributed by atoms with Crippen LogP contribution in [0.2, 0.25) is 5.02 Å². The van der Waals surface area contributed by atoms with Gasteiger partial charge in [0.05, 0.1) is 0 Å². The maximum absolute atomic E-state index is 12.2. The monoisotopic (exact) mass is 366 g/mol. The molecule has 0 N–H and O–H groups in total. The van der Waals surface area contributed by atoms with Crippen LogP contribution in [0.1, 0.15) is 39.5 Å². The minimum atomic E-state index is -0.299. The Balaban J connectivity index is 1.73. The van der Waals surface area contributed by atoms with Crippen molar-refractivity contribution < 1.29 is 9.53 Å². The lowest BCUT2D eigenvalue weighted by Crippen LogP contribution is -2.36. The molecule has 0 atom stereocenters. The Labute approximate surface area is 157 Å². The molecule has 0 aromatic heterocycles. The molecule has 1 aliphatic carbocycles. The Bertz CT molecular complexity index is 523. The Morgan fingerprint density at radius 3 is 2.08 bits per heavy atom. The van der Waals surface area contributed by atoms with Crippen molar-refractivity contribution in [2.24, 2.45) is 11.8 Å². The largest absolute Gasteiger partial charge is 0.414 e. The van der Waals surface area contributed by atoms with Crippen molar-refractivity contribution in [3.8, 4) is 5.75 Å². The van der Waals surface area contributed by atoms with Gasteiger partial charge in [-0.15, -0.1) is 0 Å². The van der Waals surface area contributed by atoms with Gasteiger partial charge in [0.25, 0.3) is 0 Å². The van der Waals surface area contributed by atoms with Gasteiger partial charge in [-0.3, -0.25) is 0 Å². The quantitative estimate of drug-likeness (QED) is 0.686. The van der Waals surface area contributed by atoms with Gasteiger partial charge < -0.3 is 14.5 Å². The van der Waals surface area contributed by atoms with E-state index in [9.17, 15) is 4.79 Å². The van der Waals surface area contributed by atoms with Crippen LogP contribution in [0.4, 0.5) is 4.79 Å². The Morgan fingerprint density at radius 2 is 1.56 bits per heavy atom. The zero-order valence-corrected chi connectivity index (χ0v) is 16.5. The summed E-state index contributed by atoms with van der Waals surface area (Å²) in [4.78, 5) is 16.4. The molecule has 1 fully saturated rings. The SMILES string of the molecule is CCN(CC)C[C@H]1CC[C@H](CN(C)C(=O)Oc2ccc(Cl)cc2)CC1. The molecule has 0 aliphatic heterocycles. The summed E-state index contributed by atoms with van der Waals surface area (Å²) in [6.07, 6.45) is 4.63. The van der Waals surface area contributed by atoms with E-state index < -0.39 is 0 Å². The predicted molar refractivity (Wildman–Crippen MR) is 103 cm³/mol. The molecule has 1 amide bonds. The summed E-state index contributed by atoms with van der Waals surface area (Å²) in [7, 11) is 1.82. The van der Waals surface area contributed by atoms with Gasteiger partial charge in [0, 0.05) is 25.2 Å². The molecular formula is C20H31ClN2O2. The predicted octanol–water partition coefficient (Wildman–Crippen LogP) is 4.92. The summed E-state index contributed by atoms with van der Waals surface area (Å²) in [6, 6.07) is 6.88. The first-order valence-corrected chi connectivity index (χ1v) is 9.80. The zero-order chi connectivity index (χ0) is 18.2. The van der Waals surface area contributed by atoms with E-state index in [-0.39, 0.29) is 6.09 Å². The normalized spacial score (nSPS) is 20.5. The smallest absolute Gasteiger partial charge is 0.410 e. The van der Waals surface area contributed by atoms with Crippen LogP contribution < -0.4 is 4.74 Å². The summed E-state index contributed by atoms with van der Waals surface area (Å²) in [5, 5.41) is 0.634. The molecule has 0 unspecified atom stereocenters. The molecule has 140 valence electrons. The molecule has 5 heteroatoms. The van der Waals surface area contributed by atoms with Crippen LogP contribution in [-0.4, -0.2) is 49.1 Å². The number of amides is 1. The molecule has 0 spiro atoms. The molecule has 1 aromatic carbocycles. The van der Waals surface area contributed by atoms with Crippen molar-refractivity contribution in [3.63, 3.8) is 0 Å². The Morgan fingerprint density at radius 1 is 1.04 bits per heavy atom. The number of carbonyl (C=O) groups is 1. The van der Waals surface area contributed by atoms with E-state index in [1.807, 2.05) is 7.05 Å². The molecule has 1 aliphatic rings. The number of benzene rings is 1. The summed E-state index contributed by atoms with van der Waals surface area (Å²) in [5.41, 5.74) is 0. The van der Waals surface area contributed by atoms with Crippen LogP contribution in [-0.2, 0) is 0 Å². The van der Waals surface area contributed by atoms with Gasteiger partial charge in [0.2, 0.25) is 0 Å². The fourth-order valence-electron chi connectivity index (χ4n) is 3.59. The van der Waals surface area contributed by atoms with Gasteiger partial charge in [-0.2, -0.15) is 0 Å². The van der Waals surface area contributed by atoms with Crippen LogP contribution in [0.5, 0.6) is 5.75 Å². The fraction of sp³-hybridized carbons (Fsp3) is 0.650. The van der Waals surface area contributed by atoms with Gasteiger partial charge in [-0.05, 0) is 74.9 Å². The highest BCUT2D eigenvalue weighted by Gasteiger charge is 2.25. The van der Waals surface area contributed by atoms with E-state index in [4.69, 9.17) is 16.3 Å². The lowest BCUT2D eigenvalue weighted by Gasteiger charge is -2.33. The van der Waals surface area contributed by atoms with Crippen LogP contribution in [0, 0.1) is 11.8 Å². The van der Waals surface area contributed by atoms with Gasteiger partial charge in [-0.1, -0.05) is 25.4 Å². The fourth-order valence-corrected chi connectivity index (χ4v) is 3.71. The lowest BCUT2D eigenvalue weighted by atomic mass is 9.81. The van der Waals surface area contributed by atoms with Crippen molar-refractivity contribution in [1.82, 2.24) is 9.80 Å². The van der Waals surface area contributed by atoms with Crippen molar-refractivity contribution in [3.05, 3.63) is 29.3 Å². The molecule has 0 radical (unpaired) electrons. The second-order valence-corrected chi connectivity index (χ2v) is 7.51. The van der Waals surface area contributed by atoms with Gasteiger partial charge >= 0.3 is 6.09 Å². The minimum Gasteiger partial charge on any atom is -0.410 e. The van der Waals surface area contributed by atoms with Gasteiger partial charge in [0.15, 0.2) is 0 Å². The van der Waals surface area contributed by atoms with E-state index in [0.717, 1.165) is 25.6 Å². The van der Waals surface area contributed by atoms with Crippen molar-refractivity contribution in [2.45, 2.75) is 39.5 Å². The van der Waals surface area contributed by atoms with Gasteiger partial charge in [-0.25, -0.2) is 4.79 Å². The minimum absolute atomic E-state index is 0.299. The lowest BCUT2D eigenvalue weighted by molar-refractivity contribution is 0.139. The summed E-state index contributed by atoms with van der Waals surface area (Å²) < 4.78 is 5.40. The van der Waals surface area contributed by atoms with Crippen molar-refractivity contribution in [1.29, 1.82) is 0 Å². The number of nitrogens with zero attached hydrogens (tertiary/aromatic N) is 2. The number of halogens is 1. The van der Waals surface area contributed by atoms with E-state index in [2.05, 4.69) is 18.7 Å². The third-order valence-corrected chi connectivity index (χ3v) is 5.49. The average molecular weight is 367 g/mol. The first-order chi connectivity index (χ1) is 12.0. The third-order valence-electron chi connectivity index (χ3n) is 5.24. The summed E-state index contributed by atoms with van der Waals surface area (Å²) in [5.74, 6) is 1.92. The number of carbonyl (C=O) groups excluding carboxylic acids is 1. The average Bonchev–Trinajstić information content (AvgIpc) is 2.63. The van der Waals surface area contributed by atoms with Crippen LogP contribution in [0.15, 0.2) is 24.3 Å². The van der Waals surface area contributed by atoms with E-state index in [1.165, 1.54) is 32.2 Å². The summed E-state index contributed by atoms with van der Waals surface area (Å²) in [6.45, 7) is 8.72. The third kappa shape index (κ3) is 6.52. The highest BCUT2D eigenvalue weighted by molar-refractivity contribution is 6.30. The van der Waals surface area contributed by atoms with E-state index in [0.29, 0.717) is 16.7 Å². The van der Waals surface area contributed by atoms with Crippen molar-refractivity contribution in [2.75, 3.05) is 33.2 Å². The maximum atomic E-state index is 12.2. The second-order valence-electron chi connectivity index (χ2n) is 7.08. The molecule has 25 heavy (non-hydrogen) atoms. The molecular weight excluding hydrogens is 336 g/mol. The molecule has 0 heterocycles. The van der Waals surface area contributed by atoms with Gasteiger partial charge in [0.1, 0.15) is 5.75 Å². The summed E-state index contributed by atoms with van der Waals surface area (Å²) >= 11 is 5.85. The van der Waals surface area contributed by atoms with Crippen LogP contribution >= 0.6 is 11.6 Å². The Kier molecular flexibility index (Phi) is 8.04. The number of ether oxygens (including phenoxy) is 1.